The molecule has 3 aromatic carbocycles. The Morgan fingerprint density at radius 1 is 0.852 bits per heavy atom. The Hall–Kier alpha value is -2.91. The zero-order valence-electron chi connectivity index (χ0n) is 14.8. The number of hydrazone groups is 1. The van der Waals surface area contributed by atoms with Crippen molar-refractivity contribution in [1.29, 1.82) is 0 Å². The Balaban J connectivity index is 1.62. The molecule has 0 radical (unpaired) electrons. The summed E-state index contributed by atoms with van der Waals surface area (Å²) in [6, 6.07) is 27.5. The first-order valence-electron chi connectivity index (χ1n) is 8.97. The number of hydrogen-bond acceptors (Lipinski definition) is 2. The molecule has 1 aliphatic heterocycles. The predicted octanol–water partition coefficient (Wildman–Crippen LogP) is 4.91. The third kappa shape index (κ3) is 3.79. The number of amides is 1. The second-order valence-electron chi connectivity index (χ2n) is 6.53. The number of carbonyl (C=O) groups excluding carboxylic acids is 1. The van der Waals surface area contributed by atoms with E-state index < -0.39 is 0 Å². The van der Waals surface area contributed by atoms with Crippen molar-refractivity contribution < 1.29 is 4.79 Å². The SMILES string of the molecule is O=C1C(c2ccccc2)C(c2ccccc2)=NN1CCc1ccc(Cl)cc1. The summed E-state index contributed by atoms with van der Waals surface area (Å²) in [5.41, 5.74) is 3.89. The van der Waals surface area contributed by atoms with Crippen LogP contribution in [0.5, 0.6) is 0 Å². The Labute approximate surface area is 163 Å². The summed E-state index contributed by atoms with van der Waals surface area (Å²) in [4.78, 5) is 13.2. The lowest BCUT2D eigenvalue weighted by Crippen LogP contribution is -2.28. The number of nitrogens with zero attached hydrogens (tertiary/aromatic N) is 2. The average molecular weight is 375 g/mol. The van der Waals surface area contributed by atoms with Crippen molar-refractivity contribution >= 4 is 23.2 Å². The maximum absolute atomic E-state index is 13.2. The van der Waals surface area contributed by atoms with Crippen LogP contribution in [0.4, 0.5) is 0 Å². The van der Waals surface area contributed by atoms with Gasteiger partial charge in [0.1, 0.15) is 5.92 Å². The number of carbonyl (C=O) groups is 1. The standard InChI is InChI=1S/C23H19ClN2O/c24-20-13-11-17(12-14-20)15-16-26-23(27)21(18-7-3-1-4-8-18)22(25-26)19-9-5-2-6-10-19/h1-14,21H,15-16H2. The highest BCUT2D eigenvalue weighted by atomic mass is 35.5. The second-order valence-corrected chi connectivity index (χ2v) is 6.97. The Bertz CT molecular complexity index is 953. The van der Waals surface area contributed by atoms with Gasteiger partial charge in [0, 0.05) is 11.6 Å². The Morgan fingerprint density at radius 3 is 2.15 bits per heavy atom. The van der Waals surface area contributed by atoms with Crippen LogP contribution in [0, 0.1) is 0 Å². The topological polar surface area (TPSA) is 32.7 Å². The molecule has 1 aliphatic rings. The lowest BCUT2D eigenvalue weighted by Gasteiger charge is -2.15. The monoisotopic (exact) mass is 374 g/mol. The molecular formula is C23H19ClN2O. The average Bonchev–Trinajstić information content (AvgIpc) is 3.05. The van der Waals surface area contributed by atoms with Crippen molar-refractivity contribution in [2.75, 3.05) is 6.54 Å². The van der Waals surface area contributed by atoms with Gasteiger partial charge in [0.2, 0.25) is 0 Å². The molecule has 4 heteroatoms. The van der Waals surface area contributed by atoms with E-state index in [9.17, 15) is 4.79 Å². The first-order valence-corrected chi connectivity index (χ1v) is 9.35. The van der Waals surface area contributed by atoms with Gasteiger partial charge in [-0.3, -0.25) is 4.79 Å². The summed E-state index contributed by atoms with van der Waals surface area (Å²) >= 11 is 5.95. The van der Waals surface area contributed by atoms with Gasteiger partial charge in [-0.25, -0.2) is 5.01 Å². The summed E-state index contributed by atoms with van der Waals surface area (Å²) in [5.74, 6) is -0.340. The van der Waals surface area contributed by atoms with E-state index in [4.69, 9.17) is 16.7 Å². The fourth-order valence-electron chi connectivity index (χ4n) is 3.33. The van der Waals surface area contributed by atoms with Crippen molar-refractivity contribution in [2.45, 2.75) is 12.3 Å². The Kier molecular flexibility index (Phi) is 5.03. The third-order valence-corrected chi connectivity index (χ3v) is 4.98. The van der Waals surface area contributed by atoms with E-state index in [1.165, 1.54) is 0 Å². The van der Waals surface area contributed by atoms with Gasteiger partial charge in [-0.2, -0.15) is 5.10 Å². The van der Waals surface area contributed by atoms with Crippen LogP contribution in [0.15, 0.2) is 90.0 Å². The molecule has 0 saturated carbocycles. The van der Waals surface area contributed by atoms with E-state index in [0.717, 1.165) is 28.8 Å². The molecule has 1 atom stereocenters. The summed E-state index contributed by atoms with van der Waals surface area (Å²) in [6.07, 6.45) is 0.732. The van der Waals surface area contributed by atoms with Crippen LogP contribution in [0.1, 0.15) is 22.6 Å². The highest BCUT2D eigenvalue weighted by Gasteiger charge is 2.37. The largest absolute Gasteiger partial charge is 0.272 e. The van der Waals surface area contributed by atoms with Crippen LogP contribution in [0.2, 0.25) is 5.02 Å². The van der Waals surface area contributed by atoms with Crippen molar-refractivity contribution in [3.05, 3.63) is 107 Å². The predicted molar refractivity (Wildman–Crippen MR) is 109 cm³/mol. The van der Waals surface area contributed by atoms with Crippen molar-refractivity contribution in [1.82, 2.24) is 5.01 Å². The summed E-state index contributed by atoms with van der Waals surface area (Å²) < 4.78 is 0. The lowest BCUT2D eigenvalue weighted by molar-refractivity contribution is -0.129. The molecule has 4 rings (SSSR count). The van der Waals surface area contributed by atoms with Crippen molar-refractivity contribution in [3.8, 4) is 0 Å². The van der Waals surface area contributed by atoms with Gasteiger partial charge in [-0.15, -0.1) is 0 Å². The molecule has 134 valence electrons. The van der Waals surface area contributed by atoms with Crippen LogP contribution in [0.25, 0.3) is 0 Å². The normalized spacial score (nSPS) is 16.5. The van der Waals surface area contributed by atoms with Gasteiger partial charge in [0.05, 0.1) is 5.71 Å². The van der Waals surface area contributed by atoms with E-state index in [0.29, 0.717) is 11.6 Å². The molecule has 3 nitrogen and oxygen atoms in total. The quantitative estimate of drug-likeness (QED) is 0.624. The molecule has 1 heterocycles. The minimum Gasteiger partial charge on any atom is -0.272 e. The van der Waals surface area contributed by atoms with Crippen LogP contribution < -0.4 is 0 Å². The van der Waals surface area contributed by atoms with E-state index in [1.54, 1.807) is 5.01 Å². The molecule has 0 aromatic heterocycles. The van der Waals surface area contributed by atoms with Gasteiger partial charge >= 0.3 is 0 Å². The van der Waals surface area contributed by atoms with Crippen LogP contribution in [0.3, 0.4) is 0 Å². The van der Waals surface area contributed by atoms with Gasteiger partial charge in [-0.05, 0) is 35.2 Å². The Morgan fingerprint density at radius 2 is 1.48 bits per heavy atom. The molecule has 3 aromatic rings. The minimum atomic E-state index is -0.362. The number of benzene rings is 3. The summed E-state index contributed by atoms with van der Waals surface area (Å²) in [6.45, 7) is 0.542. The first kappa shape index (κ1) is 17.5. The number of hydrogen-bond donors (Lipinski definition) is 0. The van der Waals surface area contributed by atoms with E-state index in [1.807, 2.05) is 84.9 Å². The maximum Gasteiger partial charge on any atom is 0.256 e. The number of rotatable bonds is 5. The van der Waals surface area contributed by atoms with Gasteiger partial charge in [-0.1, -0.05) is 84.4 Å². The molecule has 0 aliphatic carbocycles. The summed E-state index contributed by atoms with van der Waals surface area (Å²) in [5, 5.41) is 7.02. The molecule has 1 amide bonds. The van der Waals surface area contributed by atoms with Crippen molar-refractivity contribution in [3.63, 3.8) is 0 Å². The molecular weight excluding hydrogens is 356 g/mol. The maximum atomic E-state index is 13.2. The van der Waals surface area contributed by atoms with Gasteiger partial charge < -0.3 is 0 Å². The van der Waals surface area contributed by atoms with Crippen molar-refractivity contribution in [2.24, 2.45) is 5.10 Å². The molecule has 0 saturated heterocycles. The third-order valence-electron chi connectivity index (χ3n) is 4.73. The van der Waals surface area contributed by atoms with Gasteiger partial charge in [0.15, 0.2) is 0 Å². The van der Waals surface area contributed by atoms with Crippen LogP contribution in [-0.4, -0.2) is 23.2 Å². The molecule has 0 fully saturated rings. The summed E-state index contributed by atoms with van der Waals surface area (Å²) in [7, 11) is 0. The highest BCUT2D eigenvalue weighted by molar-refractivity contribution is 6.30. The zero-order valence-corrected chi connectivity index (χ0v) is 15.5. The molecule has 27 heavy (non-hydrogen) atoms. The fourth-order valence-corrected chi connectivity index (χ4v) is 3.45. The van der Waals surface area contributed by atoms with Crippen LogP contribution in [-0.2, 0) is 11.2 Å². The zero-order chi connectivity index (χ0) is 18.6. The fraction of sp³-hybridized carbons (Fsp3) is 0.130. The smallest absolute Gasteiger partial charge is 0.256 e. The molecule has 0 bridgehead atoms. The number of halogens is 1. The van der Waals surface area contributed by atoms with E-state index in [2.05, 4.69) is 0 Å². The van der Waals surface area contributed by atoms with E-state index in [-0.39, 0.29) is 11.8 Å². The second kappa shape index (κ2) is 7.77. The molecule has 1 unspecified atom stereocenters. The first-order chi connectivity index (χ1) is 13.2. The molecule has 0 N–H and O–H groups in total. The molecule has 0 spiro atoms. The van der Waals surface area contributed by atoms with Crippen LogP contribution >= 0.6 is 11.6 Å². The minimum absolute atomic E-state index is 0.0222. The lowest BCUT2D eigenvalue weighted by atomic mass is 9.90. The van der Waals surface area contributed by atoms with E-state index >= 15 is 0 Å². The van der Waals surface area contributed by atoms with Gasteiger partial charge in [0.25, 0.3) is 5.91 Å². The highest BCUT2D eigenvalue weighted by Crippen LogP contribution is 2.30.